The minimum absolute atomic E-state index is 0.123. The maximum absolute atomic E-state index is 11.6. The van der Waals surface area contributed by atoms with Crippen molar-refractivity contribution < 1.29 is 9.53 Å². The summed E-state index contributed by atoms with van der Waals surface area (Å²) >= 11 is 0. The van der Waals surface area contributed by atoms with Crippen LogP contribution in [0, 0.1) is 0 Å². The number of carbonyl (C=O) groups is 1. The summed E-state index contributed by atoms with van der Waals surface area (Å²) in [7, 11) is 1.61. The van der Waals surface area contributed by atoms with Crippen LogP contribution in [0.1, 0.15) is 28.8 Å². The van der Waals surface area contributed by atoms with Crippen LogP contribution in [0.5, 0.6) is 5.75 Å². The number of benzene rings is 1. The summed E-state index contributed by atoms with van der Waals surface area (Å²) in [6.07, 6.45) is 2.49. The van der Waals surface area contributed by atoms with Gasteiger partial charge in [-0.3, -0.25) is 4.79 Å². The maximum Gasteiger partial charge on any atom is 0.251 e. The molecule has 0 bridgehead atoms. The molecule has 0 atom stereocenters. The SMILES string of the molecule is CNC(=O)c1cccc(OC2CC2)c1CN. The van der Waals surface area contributed by atoms with E-state index in [4.69, 9.17) is 10.5 Å². The largest absolute Gasteiger partial charge is 0.490 e. The summed E-state index contributed by atoms with van der Waals surface area (Å²) in [6, 6.07) is 5.45. The van der Waals surface area contributed by atoms with Crippen molar-refractivity contribution in [2.45, 2.75) is 25.5 Å². The molecule has 1 aromatic carbocycles. The molecule has 0 aliphatic heterocycles. The number of nitrogens with two attached hydrogens (primary N) is 1. The van der Waals surface area contributed by atoms with E-state index >= 15 is 0 Å². The summed E-state index contributed by atoms with van der Waals surface area (Å²) in [4.78, 5) is 11.6. The van der Waals surface area contributed by atoms with E-state index in [-0.39, 0.29) is 5.91 Å². The van der Waals surface area contributed by atoms with Gasteiger partial charge in [0.2, 0.25) is 0 Å². The zero-order chi connectivity index (χ0) is 11.5. The Hall–Kier alpha value is -1.55. The van der Waals surface area contributed by atoms with Gasteiger partial charge in [-0.05, 0) is 25.0 Å². The first-order valence-corrected chi connectivity index (χ1v) is 5.47. The molecule has 1 fully saturated rings. The maximum atomic E-state index is 11.6. The predicted octanol–water partition coefficient (Wildman–Crippen LogP) is 1.05. The van der Waals surface area contributed by atoms with Crippen molar-refractivity contribution in [3.05, 3.63) is 29.3 Å². The van der Waals surface area contributed by atoms with Crippen LogP contribution in [0.4, 0.5) is 0 Å². The van der Waals surface area contributed by atoms with Crippen LogP contribution >= 0.6 is 0 Å². The zero-order valence-corrected chi connectivity index (χ0v) is 9.32. The third-order valence-electron chi connectivity index (χ3n) is 2.63. The van der Waals surface area contributed by atoms with Crippen LogP contribution in [0.3, 0.4) is 0 Å². The molecule has 0 spiro atoms. The van der Waals surface area contributed by atoms with Gasteiger partial charge in [-0.15, -0.1) is 0 Å². The molecule has 1 saturated carbocycles. The first-order valence-electron chi connectivity index (χ1n) is 5.47. The fourth-order valence-corrected chi connectivity index (χ4v) is 1.60. The Kier molecular flexibility index (Phi) is 3.10. The van der Waals surface area contributed by atoms with Crippen molar-refractivity contribution in [1.29, 1.82) is 0 Å². The number of hydrogen-bond acceptors (Lipinski definition) is 3. The van der Waals surface area contributed by atoms with Crippen molar-refractivity contribution >= 4 is 5.91 Å². The molecule has 0 unspecified atom stereocenters. The quantitative estimate of drug-likeness (QED) is 0.797. The Bertz CT molecular complexity index is 400. The Labute approximate surface area is 94.8 Å². The molecule has 1 amide bonds. The van der Waals surface area contributed by atoms with E-state index in [9.17, 15) is 4.79 Å². The highest BCUT2D eigenvalue weighted by Gasteiger charge is 2.25. The second kappa shape index (κ2) is 4.53. The second-order valence-corrected chi connectivity index (χ2v) is 3.88. The van der Waals surface area contributed by atoms with Crippen molar-refractivity contribution in [2.75, 3.05) is 7.05 Å². The molecule has 3 N–H and O–H groups in total. The van der Waals surface area contributed by atoms with E-state index < -0.39 is 0 Å². The monoisotopic (exact) mass is 220 g/mol. The molecule has 1 aliphatic rings. The summed E-state index contributed by atoms with van der Waals surface area (Å²) in [5.41, 5.74) is 7.07. The molecule has 4 heteroatoms. The van der Waals surface area contributed by atoms with Crippen molar-refractivity contribution in [1.82, 2.24) is 5.32 Å². The molecule has 0 radical (unpaired) electrons. The van der Waals surface area contributed by atoms with Crippen molar-refractivity contribution in [3.63, 3.8) is 0 Å². The number of amides is 1. The molecule has 2 rings (SSSR count). The van der Waals surface area contributed by atoms with Gasteiger partial charge in [0.1, 0.15) is 5.75 Å². The van der Waals surface area contributed by atoms with E-state index in [2.05, 4.69) is 5.32 Å². The van der Waals surface area contributed by atoms with Gasteiger partial charge in [0.25, 0.3) is 5.91 Å². The van der Waals surface area contributed by atoms with E-state index in [1.54, 1.807) is 13.1 Å². The molecule has 1 aliphatic carbocycles. The third-order valence-corrected chi connectivity index (χ3v) is 2.63. The number of ether oxygens (including phenoxy) is 1. The molecule has 0 heterocycles. The van der Waals surface area contributed by atoms with Crippen molar-refractivity contribution in [2.24, 2.45) is 5.73 Å². The van der Waals surface area contributed by atoms with Gasteiger partial charge in [0, 0.05) is 24.7 Å². The summed E-state index contributed by atoms with van der Waals surface area (Å²) in [5.74, 6) is 0.618. The third kappa shape index (κ3) is 2.17. The van der Waals surface area contributed by atoms with E-state index in [1.165, 1.54) is 0 Å². The van der Waals surface area contributed by atoms with Crippen LogP contribution in [-0.4, -0.2) is 19.1 Å². The number of nitrogens with one attached hydrogen (secondary N) is 1. The van der Waals surface area contributed by atoms with Gasteiger partial charge >= 0.3 is 0 Å². The van der Waals surface area contributed by atoms with Gasteiger partial charge in [-0.25, -0.2) is 0 Å². The lowest BCUT2D eigenvalue weighted by atomic mass is 10.1. The van der Waals surface area contributed by atoms with Gasteiger partial charge in [-0.1, -0.05) is 6.07 Å². The molecule has 86 valence electrons. The second-order valence-electron chi connectivity index (χ2n) is 3.88. The van der Waals surface area contributed by atoms with Gasteiger partial charge in [-0.2, -0.15) is 0 Å². The first-order chi connectivity index (χ1) is 7.76. The van der Waals surface area contributed by atoms with E-state index in [0.29, 0.717) is 18.2 Å². The number of hydrogen-bond donors (Lipinski definition) is 2. The van der Waals surface area contributed by atoms with Gasteiger partial charge in [0.05, 0.1) is 6.10 Å². The summed E-state index contributed by atoms with van der Waals surface area (Å²) in [6.45, 7) is 0.311. The molecular weight excluding hydrogens is 204 g/mol. The average molecular weight is 220 g/mol. The van der Waals surface area contributed by atoms with Gasteiger partial charge in [0.15, 0.2) is 0 Å². The van der Waals surface area contributed by atoms with E-state index in [1.807, 2.05) is 12.1 Å². The highest BCUT2D eigenvalue weighted by Crippen LogP contribution is 2.30. The van der Waals surface area contributed by atoms with Crippen LogP contribution in [0.2, 0.25) is 0 Å². The normalized spacial score (nSPS) is 14.6. The highest BCUT2D eigenvalue weighted by atomic mass is 16.5. The van der Waals surface area contributed by atoms with E-state index in [0.717, 1.165) is 24.2 Å². The van der Waals surface area contributed by atoms with Crippen molar-refractivity contribution in [3.8, 4) is 5.75 Å². The molecule has 1 aromatic rings. The minimum Gasteiger partial charge on any atom is -0.490 e. The first kappa shape index (κ1) is 11.0. The lowest BCUT2D eigenvalue weighted by Gasteiger charge is -2.13. The van der Waals surface area contributed by atoms with Crippen LogP contribution < -0.4 is 15.8 Å². The standard InChI is InChI=1S/C12H16N2O2/c1-14-12(15)9-3-2-4-11(10(9)7-13)16-8-5-6-8/h2-4,8H,5-7,13H2,1H3,(H,14,15). The molecular formula is C12H16N2O2. The Morgan fingerprint density at radius 2 is 2.31 bits per heavy atom. The Morgan fingerprint density at radius 3 is 2.88 bits per heavy atom. The zero-order valence-electron chi connectivity index (χ0n) is 9.32. The lowest BCUT2D eigenvalue weighted by Crippen LogP contribution is -2.21. The number of carbonyl (C=O) groups excluding carboxylic acids is 1. The lowest BCUT2D eigenvalue weighted by molar-refractivity contribution is 0.0961. The Balaban J connectivity index is 2.32. The number of rotatable bonds is 4. The highest BCUT2D eigenvalue weighted by molar-refractivity contribution is 5.96. The topological polar surface area (TPSA) is 64.3 Å². The summed E-state index contributed by atoms with van der Waals surface area (Å²) in [5, 5.41) is 2.60. The fourth-order valence-electron chi connectivity index (χ4n) is 1.60. The molecule has 0 aromatic heterocycles. The molecule has 0 saturated heterocycles. The Morgan fingerprint density at radius 1 is 1.56 bits per heavy atom. The van der Waals surface area contributed by atoms with Crippen LogP contribution in [0.25, 0.3) is 0 Å². The minimum atomic E-state index is -0.123. The summed E-state index contributed by atoms with van der Waals surface area (Å²) < 4.78 is 5.72. The van der Waals surface area contributed by atoms with Gasteiger partial charge < -0.3 is 15.8 Å². The smallest absolute Gasteiger partial charge is 0.251 e. The molecule has 16 heavy (non-hydrogen) atoms. The predicted molar refractivity (Wildman–Crippen MR) is 61.4 cm³/mol. The van der Waals surface area contributed by atoms with Crippen LogP contribution in [-0.2, 0) is 6.54 Å². The fraction of sp³-hybridized carbons (Fsp3) is 0.417. The average Bonchev–Trinajstić information content (AvgIpc) is 3.11. The molecule has 4 nitrogen and oxygen atoms in total. The van der Waals surface area contributed by atoms with Crippen LogP contribution in [0.15, 0.2) is 18.2 Å².